The van der Waals surface area contributed by atoms with E-state index in [-0.39, 0.29) is 11.9 Å². The van der Waals surface area contributed by atoms with Gasteiger partial charge in [-0.1, -0.05) is 18.5 Å². The fourth-order valence-corrected chi connectivity index (χ4v) is 1.90. The molecule has 0 saturated carbocycles. The third-order valence-corrected chi connectivity index (χ3v) is 2.99. The van der Waals surface area contributed by atoms with Crippen molar-refractivity contribution in [3.8, 4) is 0 Å². The second-order valence-corrected chi connectivity index (χ2v) is 4.67. The number of amides is 1. The molecule has 0 spiro atoms. The number of rotatable bonds is 5. The highest BCUT2D eigenvalue weighted by molar-refractivity contribution is 6.30. The molecule has 0 aliphatic rings. The monoisotopic (exact) mass is 278 g/mol. The van der Waals surface area contributed by atoms with Crippen LogP contribution in [0, 0.1) is 0 Å². The average Bonchev–Trinajstić information content (AvgIpc) is 2.90. The average molecular weight is 279 g/mol. The van der Waals surface area contributed by atoms with E-state index in [1.54, 1.807) is 18.6 Å². The Hall–Kier alpha value is -1.88. The summed E-state index contributed by atoms with van der Waals surface area (Å²) in [6, 6.07) is 1.65. The van der Waals surface area contributed by atoms with Gasteiger partial charge in [-0.15, -0.1) is 0 Å². The molecule has 0 aliphatic carbocycles. The Balaban J connectivity index is 2.00. The smallest absolute Gasteiger partial charge is 0.253 e. The zero-order valence-corrected chi connectivity index (χ0v) is 11.3. The van der Waals surface area contributed by atoms with Crippen LogP contribution in [0.3, 0.4) is 0 Å². The summed E-state index contributed by atoms with van der Waals surface area (Å²) in [5, 5.41) is 3.42. The van der Waals surface area contributed by atoms with Crippen molar-refractivity contribution in [3.05, 3.63) is 47.8 Å². The summed E-state index contributed by atoms with van der Waals surface area (Å²) in [5.41, 5.74) is 0.469. The molecule has 0 saturated heterocycles. The number of hydrogen-bond donors (Lipinski definition) is 1. The first-order valence-electron chi connectivity index (χ1n) is 6.06. The normalized spacial score (nSPS) is 12.1. The van der Waals surface area contributed by atoms with Crippen LogP contribution < -0.4 is 5.32 Å². The second kappa shape index (κ2) is 6.33. The van der Waals surface area contributed by atoms with Gasteiger partial charge in [-0.3, -0.25) is 9.78 Å². The maximum absolute atomic E-state index is 12.1. The third-order valence-electron chi connectivity index (χ3n) is 2.79. The van der Waals surface area contributed by atoms with Gasteiger partial charge in [0.05, 0.1) is 16.9 Å². The number of aromatic nitrogens is 3. The highest BCUT2D eigenvalue weighted by Gasteiger charge is 2.13. The van der Waals surface area contributed by atoms with Crippen molar-refractivity contribution in [2.45, 2.75) is 25.9 Å². The molecule has 2 heterocycles. The first-order valence-corrected chi connectivity index (χ1v) is 6.44. The van der Waals surface area contributed by atoms with E-state index in [1.165, 1.54) is 12.4 Å². The van der Waals surface area contributed by atoms with Crippen molar-refractivity contribution < 1.29 is 4.79 Å². The summed E-state index contributed by atoms with van der Waals surface area (Å²) in [7, 11) is 0. The van der Waals surface area contributed by atoms with Crippen LogP contribution in [-0.4, -0.2) is 26.5 Å². The van der Waals surface area contributed by atoms with E-state index in [1.807, 2.05) is 17.7 Å². The molecule has 100 valence electrons. The van der Waals surface area contributed by atoms with E-state index in [4.69, 9.17) is 11.6 Å². The van der Waals surface area contributed by atoms with Crippen LogP contribution in [0.4, 0.5) is 0 Å². The van der Waals surface area contributed by atoms with E-state index in [9.17, 15) is 4.79 Å². The van der Waals surface area contributed by atoms with Crippen LogP contribution in [0.1, 0.15) is 23.7 Å². The van der Waals surface area contributed by atoms with Crippen molar-refractivity contribution >= 4 is 17.5 Å². The zero-order chi connectivity index (χ0) is 13.7. The molecule has 0 fully saturated rings. The SMILES string of the molecule is CC[C@H](Cn1ccnc1)NC(=O)c1cncc(Cl)c1. The molecule has 0 unspecified atom stereocenters. The molecule has 5 nitrogen and oxygen atoms in total. The number of halogens is 1. The molecule has 1 amide bonds. The predicted molar refractivity (Wildman–Crippen MR) is 73.0 cm³/mol. The number of nitrogens with zero attached hydrogens (tertiary/aromatic N) is 3. The lowest BCUT2D eigenvalue weighted by Gasteiger charge is -2.17. The van der Waals surface area contributed by atoms with Crippen LogP contribution in [0.2, 0.25) is 5.02 Å². The Morgan fingerprint density at radius 1 is 1.47 bits per heavy atom. The lowest BCUT2D eigenvalue weighted by Crippen LogP contribution is -2.37. The van der Waals surface area contributed by atoms with Gasteiger partial charge in [0.1, 0.15) is 0 Å². The molecular formula is C13H15ClN4O. The van der Waals surface area contributed by atoms with Crippen LogP contribution >= 0.6 is 11.6 Å². The maximum atomic E-state index is 12.1. The quantitative estimate of drug-likeness (QED) is 0.911. The molecule has 0 aliphatic heterocycles. The largest absolute Gasteiger partial charge is 0.347 e. The Kier molecular flexibility index (Phi) is 4.52. The van der Waals surface area contributed by atoms with Gasteiger partial charge in [-0.2, -0.15) is 0 Å². The summed E-state index contributed by atoms with van der Waals surface area (Å²) < 4.78 is 1.94. The maximum Gasteiger partial charge on any atom is 0.253 e. The Bertz CT molecular complexity index is 541. The number of hydrogen-bond acceptors (Lipinski definition) is 3. The minimum atomic E-state index is -0.165. The summed E-state index contributed by atoms with van der Waals surface area (Å²) >= 11 is 5.82. The van der Waals surface area contributed by atoms with Crippen molar-refractivity contribution in [2.24, 2.45) is 0 Å². The van der Waals surface area contributed by atoms with E-state index in [0.29, 0.717) is 17.1 Å². The van der Waals surface area contributed by atoms with Gasteiger partial charge in [0.2, 0.25) is 0 Å². The molecule has 1 N–H and O–H groups in total. The molecule has 2 rings (SSSR count). The number of carbonyl (C=O) groups is 1. The van der Waals surface area contributed by atoms with E-state index in [2.05, 4.69) is 15.3 Å². The Labute approximate surface area is 116 Å². The summed E-state index contributed by atoms with van der Waals surface area (Å²) in [5.74, 6) is -0.165. The van der Waals surface area contributed by atoms with Gasteiger partial charge in [0, 0.05) is 37.4 Å². The minimum Gasteiger partial charge on any atom is -0.347 e. The van der Waals surface area contributed by atoms with Crippen LogP contribution in [0.5, 0.6) is 0 Å². The lowest BCUT2D eigenvalue weighted by molar-refractivity contribution is 0.0931. The number of pyridine rings is 1. The summed E-state index contributed by atoms with van der Waals surface area (Å²) in [4.78, 5) is 19.9. The first-order chi connectivity index (χ1) is 9.19. The van der Waals surface area contributed by atoms with Gasteiger partial charge in [0.15, 0.2) is 0 Å². The lowest BCUT2D eigenvalue weighted by atomic mass is 10.2. The summed E-state index contributed by atoms with van der Waals surface area (Å²) in [6.45, 7) is 2.72. The predicted octanol–water partition coefficient (Wildman–Crippen LogP) is 2.14. The topological polar surface area (TPSA) is 59.8 Å². The van der Waals surface area contributed by atoms with E-state index in [0.717, 1.165) is 6.42 Å². The van der Waals surface area contributed by atoms with E-state index >= 15 is 0 Å². The van der Waals surface area contributed by atoms with E-state index < -0.39 is 0 Å². The van der Waals surface area contributed by atoms with Crippen molar-refractivity contribution in [1.82, 2.24) is 19.9 Å². The fraction of sp³-hybridized carbons (Fsp3) is 0.308. The molecule has 0 aromatic carbocycles. The third kappa shape index (κ3) is 3.79. The molecule has 0 bridgehead atoms. The Morgan fingerprint density at radius 2 is 2.32 bits per heavy atom. The van der Waals surface area contributed by atoms with Crippen LogP contribution in [-0.2, 0) is 6.54 Å². The molecule has 1 atom stereocenters. The molecular weight excluding hydrogens is 264 g/mol. The first kappa shape index (κ1) is 13.5. The van der Waals surface area contributed by atoms with Crippen molar-refractivity contribution in [3.63, 3.8) is 0 Å². The number of carbonyl (C=O) groups excluding carboxylic acids is 1. The molecule has 19 heavy (non-hydrogen) atoms. The fourth-order valence-electron chi connectivity index (χ4n) is 1.73. The highest BCUT2D eigenvalue weighted by Crippen LogP contribution is 2.09. The molecule has 2 aromatic rings. The molecule has 2 aromatic heterocycles. The molecule has 0 radical (unpaired) electrons. The van der Waals surface area contributed by atoms with Crippen molar-refractivity contribution in [1.29, 1.82) is 0 Å². The Morgan fingerprint density at radius 3 is 2.95 bits per heavy atom. The zero-order valence-electron chi connectivity index (χ0n) is 10.6. The number of imidazole rings is 1. The van der Waals surface area contributed by atoms with Gasteiger partial charge < -0.3 is 9.88 Å². The molecule has 6 heteroatoms. The van der Waals surface area contributed by atoms with Crippen LogP contribution in [0.25, 0.3) is 0 Å². The van der Waals surface area contributed by atoms with Crippen molar-refractivity contribution in [2.75, 3.05) is 0 Å². The van der Waals surface area contributed by atoms with Crippen LogP contribution in [0.15, 0.2) is 37.2 Å². The van der Waals surface area contributed by atoms with Gasteiger partial charge in [-0.25, -0.2) is 4.98 Å². The van der Waals surface area contributed by atoms with Gasteiger partial charge in [0.25, 0.3) is 5.91 Å². The van der Waals surface area contributed by atoms with Gasteiger partial charge in [-0.05, 0) is 12.5 Å². The van der Waals surface area contributed by atoms with Gasteiger partial charge >= 0.3 is 0 Å². The highest BCUT2D eigenvalue weighted by atomic mass is 35.5. The standard InChI is InChI=1S/C13H15ClN4O/c1-2-12(8-18-4-3-15-9-18)17-13(19)10-5-11(14)7-16-6-10/h3-7,9,12H,2,8H2,1H3,(H,17,19)/t12-/m1/s1. The second-order valence-electron chi connectivity index (χ2n) is 4.23. The minimum absolute atomic E-state index is 0.0423. The number of nitrogens with one attached hydrogen (secondary N) is 1. The summed E-state index contributed by atoms with van der Waals surface area (Å²) in [6.07, 6.45) is 9.16.